The average molecular weight is 477 g/mol. The minimum atomic E-state index is -0.614. The molecule has 35 heavy (non-hydrogen) atoms. The molecule has 1 aromatic heterocycles. The second-order valence-electron chi connectivity index (χ2n) is 8.29. The molecule has 11 heteroatoms. The van der Waals surface area contributed by atoms with Gasteiger partial charge in [0.25, 0.3) is 5.69 Å². The molecule has 11 nitrogen and oxygen atoms in total. The van der Waals surface area contributed by atoms with Gasteiger partial charge in [0.05, 0.1) is 26.3 Å². The molecule has 3 aromatic rings. The molecule has 1 N–H and O–H groups in total. The summed E-state index contributed by atoms with van der Waals surface area (Å²) in [5.74, 6) is 1.76. The van der Waals surface area contributed by atoms with E-state index < -0.39 is 11.0 Å². The van der Waals surface area contributed by atoms with Crippen molar-refractivity contribution in [1.29, 1.82) is 0 Å². The Kier molecular flexibility index (Phi) is 5.59. The summed E-state index contributed by atoms with van der Waals surface area (Å²) in [6, 6.07) is 9.37. The maximum atomic E-state index is 13.6. The molecule has 0 fully saturated rings. The highest BCUT2D eigenvalue weighted by Gasteiger charge is 2.40. The molecule has 5 rings (SSSR count). The van der Waals surface area contributed by atoms with Crippen LogP contribution in [0.4, 0.5) is 11.6 Å². The van der Waals surface area contributed by atoms with Crippen molar-refractivity contribution >= 4 is 17.4 Å². The maximum absolute atomic E-state index is 13.6. The fourth-order valence-corrected chi connectivity index (χ4v) is 4.84. The highest BCUT2D eigenvalue weighted by molar-refractivity contribution is 6.00. The number of carbonyl (C=O) groups excluding carboxylic acids is 1. The Morgan fingerprint density at radius 1 is 1.06 bits per heavy atom. The zero-order valence-corrected chi connectivity index (χ0v) is 19.3. The summed E-state index contributed by atoms with van der Waals surface area (Å²) < 4.78 is 18.0. The SMILES string of the molecule is COc1cc([C@@H]2CC(=O)C3=C(C2)Nc2ncnn2[C@@H]3c2cccc([N+](=O)[O-])c2)cc(OC)c1OC. The van der Waals surface area contributed by atoms with Crippen LogP contribution >= 0.6 is 0 Å². The van der Waals surface area contributed by atoms with Crippen molar-refractivity contribution in [2.24, 2.45) is 0 Å². The van der Waals surface area contributed by atoms with Crippen molar-refractivity contribution < 1.29 is 23.9 Å². The van der Waals surface area contributed by atoms with Crippen LogP contribution in [0.15, 0.2) is 54.0 Å². The summed E-state index contributed by atoms with van der Waals surface area (Å²) in [7, 11) is 4.64. The van der Waals surface area contributed by atoms with Crippen LogP contribution in [0.1, 0.15) is 35.9 Å². The number of methoxy groups -OCH3 is 3. The Balaban J connectivity index is 1.58. The number of ketones is 1. The van der Waals surface area contributed by atoms with E-state index in [1.165, 1.54) is 25.6 Å². The van der Waals surface area contributed by atoms with Gasteiger partial charge in [-0.1, -0.05) is 12.1 Å². The predicted octanol–water partition coefficient (Wildman–Crippen LogP) is 3.63. The molecule has 2 heterocycles. The highest BCUT2D eigenvalue weighted by Crippen LogP contribution is 2.47. The van der Waals surface area contributed by atoms with E-state index in [0.29, 0.717) is 40.8 Å². The summed E-state index contributed by atoms with van der Waals surface area (Å²) in [4.78, 5) is 28.8. The van der Waals surface area contributed by atoms with Crippen LogP contribution in [0.5, 0.6) is 17.2 Å². The van der Waals surface area contributed by atoms with Crippen molar-refractivity contribution in [2.45, 2.75) is 24.8 Å². The number of Topliss-reactive ketones (excluding diaryl/α,β-unsaturated/α-hetero) is 1. The molecular weight excluding hydrogens is 454 g/mol. The van der Waals surface area contributed by atoms with E-state index in [1.54, 1.807) is 31.0 Å². The molecule has 0 unspecified atom stereocenters. The van der Waals surface area contributed by atoms with E-state index in [4.69, 9.17) is 14.2 Å². The number of ether oxygens (including phenoxy) is 3. The number of fused-ring (bicyclic) bond motifs is 1. The number of nitrogens with one attached hydrogen (secondary N) is 1. The molecule has 0 saturated carbocycles. The van der Waals surface area contributed by atoms with E-state index in [0.717, 1.165) is 11.3 Å². The van der Waals surface area contributed by atoms with Crippen LogP contribution < -0.4 is 19.5 Å². The van der Waals surface area contributed by atoms with Crippen molar-refractivity contribution in [3.63, 3.8) is 0 Å². The van der Waals surface area contributed by atoms with Crippen LogP contribution in [-0.4, -0.2) is 46.8 Å². The first-order chi connectivity index (χ1) is 16.9. The average Bonchev–Trinajstić information content (AvgIpc) is 3.34. The zero-order valence-electron chi connectivity index (χ0n) is 19.3. The van der Waals surface area contributed by atoms with Gasteiger partial charge in [-0.15, -0.1) is 0 Å². The zero-order chi connectivity index (χ0) is 24.7. The van der Waals surface area contributed by atoms with Gasteiger partial charge in [0, 0.05) is 29.8 Å². The molecule has 0 amide bonds. The number of benzene rings is 2. The van der Waals surface area contributed by atoms with Gasteiger partial charge in [-0.25, -0.2) is 4.68 Å². The molecule has 0 saturated heterocycles. The molecule has 0 radical (unpaired) electrons. The number of aromatic nitrogens is 3. The molecule has 1 aliphatic carbocycles. The Bertz CT molecular complexity index is 1340. The summed E-state index contributed by atoms with van der Waals surface area (Å²) in [5, 5.41) is 18.9. The third kappa shape index (κ3) is 3.74. The van der Waals surface area contributed by atoms with Crippen molar-refractivity contribution in [3.8, 4) is 17.2 Å². The monoisotopic (exact) mass is 477 g/mol. The summed E-state index contributed by atoms with van der Waals surface area (Å²) >= 11 is 0. The number of nitrogens with zero attached hydrogens (tertiary/aromatic N) is 4. The first kappa shape index (κ1) is 22.4. The Hall–Kier alpha value is -4.41. The van der Waals surface area contributed by atoms with Gasteiger partial charge < -0.3 is 19.5 Å². The molecular formula is C24H23N5O6. The molecule has 2 aliphatic rings. The maximum Gasteiger partial charge on any atom is 0.269 e. The summed E-state index contributed by atoms with van der Waals surface area (Å²) in [5.41, 5.74) is 2.67. The van der Waals surface area contributed by atoms with Crippen molar-refractivity contribution in [1.82, 2.24) is 14.8 Å². The number of hydrogen-bond acceptors (Lipinski definition) is 9. The fraction of sp³-hybridized carbons (Fsp3) is 0.292. The lowest BCUT2D eigenvalue weighted by Gasteiger charge is -2.35. The van der Waals surface area contributed by atoms with Gasteiger partial charge in [-0.05, 0) is 35.6 Å². The first-order valence-electron chi connectivity index (χ1n) is 10.9. The van der Waals surface area contributed by atoms with Gasteiger partial charge in [-0.2, -0.15) is 10.1 Å². The minimum absolute atomic E-state index is 0.0524. The number of nitro groups is 1. The largest absolute Gasteiger partial charge is 0.493 e. The van der Waals surface area contributed by atoms with Crippen LogP contribution in [0.2, 0.25) is 0 Å². The Labute approximate surface area is 200 Å². The lowest BCUT2D eigenvalue weighted by atomic mass is 9.77. The lowest BCUT2D eigenvalue weighted by molar-refractivity contribution is -0.384. The number of allylic oxidation sites excluding steroid dienone is 2. The number of nitro benzene ring substituents is 1. The third-order valence-electron chi connectivity index (χ3n) is 6.42. The number of carbonyl (C=O) groups is 1. The number of hydrogen-bond donors (Lipinski definition) is 1. The third-order valence-corrected chi connectivity index (χ3v) is 6.42. The van der Waals surface area contributed by atoms with Crippen molar-refractivity contribution in [2.75, 3.05) is 26.6 Å². The lowest BCUT2D eigenvalue weighted by Crippen LogP contribution is -2.33. The smallest absolute Gasteiger partial charge is 0.269 e. The second kappa shape index (κ2) is 8.75. The van der Waals surface area contributed by atoms with Gasteiger partial charge >= 0.3 is 0 Å². The van der Waals surface area contributed by atoms with Crippen molar-refractivity contribution in [3.05, 3.63) is 75.2 Å². The van der Waals surface area contributed by atoms with Crippen LogP contribution in [0, 0.1) is 10.1 Å². The number of non-ortho nitro benzene ring substituents is 1. The second-order valence-corrected chi connectivity index (χ2v) is 8.29. The van der Waals surface area contributed by atoms with E-state index in [2.05, 4.69) is 15.4 Å². The fourth-order valence-electron chi connectivity index (χ4n) is 4.84. The molecule has 2 atom stereocenters. The number of anilines is 1. The van der Waals surface area contributed by atoms with Gasteiger partial charge in [0.1, 0.15) is 12.4 Å². The molecule has 180 valence electrons. The molecule has 0 spiro atoms. The van der Waals surface area contributed by atoms with Gasteiger partial charge in [-0.3, -0.25) is 14.9 Å². The van der Waals surface area contributed by atoms with E-state index in [1.807, 2.05) is 12.1 Å². The van der Waals surface area contributed by atoms with E-state index >= 15 is 0 Å². The molecule has 1 aliphatic heterocycles. The normalized spacial score (nSPS) is 18.9. The highest BCUT2D eigenvalue weighted by atomic mass is 16.6. The quantitative estimate of drug-likeness (QED) is 0.418. The standard InChI is InChI=1S/C24H23N5O6/c1-33-19-10-15(11-20(34-2)23(19)35-3)14-8-17-21(18(30)9-14)22(28-24(27-17)25-12-26-28)13-5-4-6-16(7-13)29(31)32/h4-7,10-12,14,22H,8-9H2,1-3H3,(H,25,26,27)/t14-,22+/m0/s1. The van der Waals surface area contributed by atoms with E-state index in [-0.39, 0.29) is 23.8 Å². The Morgan fingerprint density at radius 2 is 1.80 bits per heavy atom. The van der Waals surface area contributed by atoms with Gasteiger partial charge in [0.2, 0.25) is 11.7 Å². The summed E-state index contributed by atoms with van der Waals surface area (Å²) in [6.45, 7) is 0. The topological polar surface area (TPSA) is 131 Å². The van der Waals surface area contributed by atoms with Crippen LogP contribution in [0.25, 0.3) is 0 Å². The minimum Gasteiger partial charge on any atom is -0.493 e. The van der Waals surface area contributed by atoms with Gasteiger partial charge in [0.15, 0.2) is 17.3 Å². The first-order valence-corrected chi connectivity index (χ1v) is 10.9. The molecule has 2 aromatic carbocycles. The van der Waals surface area contributed by atoms with Crippen LogP contribution in [0.3, 0.4) is 0 Å². The molecule has 0 bridgehead atoms. The predicted molar refractivity (Wildman–Crippen MR) is 125 cm³/mol. The van der Waals surface area contributed by atoms with Crippen LogP contribution in [-0.2, 0) is 4.79 Å². The number of rotatable bonds is 6. The van der Waals surface area contributed by atoms with E-state index in [9.17, 15) is 14.9 Å². The summed E-state index contributed by atoms with van der Waals surface area (Å²) in [6.07, 6.45) is 2.17. The Morgan fingerprint density at radius 3 is 2.46 bits per heavy atom.